The highest BCUT2D eigenvalue weighted by molar-refractivity contribution is 6.35. The molecule has 0 aliphatic heterocycles. The molecule has 9 heteroatoms. The summed E-state index contributed by atoms with van der Waals surface area (Å²) >= 11 is 0. The molecule has 0 unspecified atom stereocenters. The molecule has 3 aromatic rings. The zero-order valence-corrected chi connectivity index (χ0v) is 20.3. The molecule has 3 rings (SSSR count). The summed E-state index contributed by atoms with van der Waals surface area (Å²) in [5.41, 5.74) is 6.43. The summed E-state index contributed by atoms with van der Waals surface area (Å²) in [6.07, 6.45) is 1.39. The van der Waals surface area contributed by atoms with Gasteiger partial charge < -0.3 is 20.1 Å². The molecule has 3 N–H and O–H groups in total. The lowest BCUT2D eigenvalue weighted by atomic mass is 10.1. The number of nitrogens with one attached hydrogen (secondary N) is 3. The van der Waals surface area contributed by atoms with Gasteiger partial charge in [0.2, 0.25) is 0 Å². The first kappa shape index (κ1) is 26.0. The summed E-state index contributed by atoms with van der Waals surface area (Å²) in [5, 5.41) is 9.19. The molecule has 0 aromatic heterocycles. The van der Waals surface area contributed by atoms with Gasteiger partial charge in [0.15, 0.2) is 6.61 Å². The van der Waals surface area contributed by atoms with Gasteiger partial charge in [-0.3, -0.25) is 14.4 Å². The second-order valence-electron chi connectivity index (χ2n) is 7.90. The van der Waals surface area contributed by atoms with Crippen molar-refractivity contribution in [3.8, 4) is 11.5 Å². The Labute approximate surface area is 209 Å². The van der Waals surface area contributed by atoms with Crippen LogP contribution in [0.25, 0.3) is 0 Å². The lowest BCUT2D eigenvalue weighted by Crippen LogP contribution is -2.37. The molecule has 9 nitrogen and oxygen atoms in total. The van der Waals surface area contributed by atoms with Gasteiger partial charge >= 0.3 is 11.8 Å². The van der Waals surface area contributed by atoms with E-state index in [0.29, 0.717) is 17.1 Å². The first-order chi connectivity index (χ1) is 17.4. The molecule has 3 aromatic carbocycles. The van der Waals surface area contributed by atoms with Crippen LogP contribution in [0.15, 0.2) is 71.8 Å². The minimum Gasteiger partial charge on any atom is -0.497 e. The Morgan fingerprint density at radius 2 is 1.50 bits per heavy atom. The average Bonchev–Trinajstić information content (AvgIpc) is 2.89. The van der Waals surface area contributed by atoms with Crippen LogP contribution < -0.4 is 25.5 Å². The maximum atomic E-state index is 12.2. The fourth-order valence-electron chi connectivity index (χ4n) is 3.21. The Kier molecular flexibility index (Phi) is 9.16. The van der Waals surface area contributed by atoms with Crippen molar-refractivity contribution in [2.75, 3.05) is 19.0 Å². The number of aryl methyl sites for hydroxylation is 2. The van der Waals surface area contributed by atoms with Gasteiger partial charge in [0.25, 0.3) is 5.91 Å². The van der Waals surface area contributed by atoms with Gasteiger partial charge in [0, 0.05) is 12.2 Å². The molecule has 186 valence electrons. The third kappa shape index (κ3) is 7.69. The van der Waals surface area contributed by atoms with Gasteiger partial charge in [-0.05, 0) is 72.5 Å². The SMILES string of the molecule is COc1ccc(CNC(=O)C(=O)N/N=C\c2ccc(OCC(=O)Nc3c(C)cccc3C)cc2)cc1. The van der Waals surface area contributed by atoms with Crippen LogP contribution in [-0.4, -0.2) is 37.7 Å². The Morgan fingerprint density at radius 3 is 2.14 bits per heavy atom. The van der Waals surface area contributed by atoms with Crippen LogP contribution in [0.4, 0.5) is 5.69 Å². The van der Waals surface area contributed by atoms with Crippen LogP contribution in [0.2, 0.25) is 0 Å². The monoisotopic (exact) mass is 488 g/mol. The molecule has 0 saturated heterocycles. The van der Waals surface area contributed by atoms with E-state index in [1.165, 1.54) is 6.21 Å². The first-order valence-electron chi connectivity index (χ1n) is 11.2. The van der Waals surface area contributed by atoms with Crippen LogP contribution in [0.1, 0.15) is 22.3 Å². The number of hydrazone groups is 1. The Morgan fingerprint density at radius 1 is 0.861 bits per heavy atom. The van der Waals surface area contributed by atoms with E-state index in [4.69, 9.17) is 9.47 Å². The molecule has 3 amide bonds. The van der Waals surface area contributed by atoms with Gasteiger partial charge in [-0.1, -0.05) is 30.3 Å². The Bertz CT molecular complexity index is 1220. The summed E-state index contributed by atoms with van der Waals surface area (Å²) in [6, 6.07) is 19.7. The van der Waals surface area contributed by atoms with E-state index >= 15 is 0 Å². The van der Waals surface area contributed by atoms with Gasteiger partial charge in [-0.25, -0.2) is 5.43 Å². The lowest BCUT2D eigenvalue weighted by Gasteiger charge is -2.12. The smallest absolute Gasteiger partial charge is 0.329 e. The minimum absolute atomic E-state index is 0.136. The van der Waals surface area contributed by atoms with Crippen molar-refractivity contribution in [1.82, 2.24) is 10.7 Å². The number of amides is 3. The van der Waals surface area contributed by atoms with E-state index < -0.39 is 11.8 Å². The number of ether oxygens (including phenoxy) is 2. The van der Waals surface area contributed by atoms with Crippen molar-refractivity contribution < 1.29 is 23.9 Å². The largest absolute Gasteiger partial charge is 0.497 e. The molecule has 0 aliphatic carbocycles. The predicted molar refractivity (Wildman–Crippen MR) is 137 cm³/mol. The van der Waals surface area contributed by atoms with Gasteiger partial charge in [0.05, 0.1) is 13.3 Å². The molecule has 0 spiro atoms. The summed E-state index contributed by atoms with van der Waals surface area (Å²) < 4.78 is 10.6. The number of anilines is 1. The number of methoxy groups -OCH3 is 1. The van der Waals surface area contributed by atoms with E-state index in [1.807, 2.05) is 32.0 Å². The number of carbonyl (C=O) groups excluding carboxylic acids is 3. The standard InChI is InChI=1S/C27H28N4O5/c1-18-5-4-6-19(2)25(18)30-24(32)17-36-23-13-9-21(10-14-23)16-29-31-27(34)26(33)28-15-20-7-11-22(35-3)12-8-20/h4-14,16H,15,17H2,1-3H3,(H,28,33)(H,30,32)(H,31,34)/b29-16-. The molecule has 0 heterocycles. The van der Waals surface area contributed by atoms with E-state index in [0.717, 1.165) is 22.4 Å². The van der Waals surface area contributed by atoms with Crippen LogP contribution in [0, 0.1) is 13.8 Å². The fraction of sp³-hybridized carbons (Fsp3) is 0.185. The van der Waals surface area contributed by atoms with Crippen molar-refractivity contribution in [2.45, 2.75) is 20.4 Å². The normalized spacial score (nSPS) is 10.5. The highest BCUT2D eigenvalue weighted by Crippen LogP contribution is 2.19. The van der Waals surface area contributed by atoms with Crippen LogP contribution in [0.3, 0.4) is 0 Å². The second kappa shape index (κ2) is 12.7. The summed E-state index contributed by atoms with van der Waals surface area (Å²) in [7, 11) is 1.57. The number of para-hydroxylation sites is 1. The predicted octanol–water partition coefficient (Wildman–Crippen LogP) is 3.10. The second-order valence-corrected chi connectivity index (χ2v) is 7.90. The van der Waals surface area contributed by atoms with Crippen molar-refractivity contribution in [2.24, 2.45) is 5.10 Å². The summed E-state index contributed by atoms with van der Waals surface area (Å²) in [4.78, 5) is 36.1. The molecular weight excluding hydrogens is 460 g/mol. The molecule has 0 bridgehead atoms. The number of benzene rings is 3. The molecule has 0 radical (unpaired) electrons. The van der Waals surface area contributed by atoms with Crippen molar-refractivity contribution in [3.05, 3.63) is 89.0 Å². The number of hydrogen-bond donors (Lipinski definition) is 3. The quantitative estimate of drug-likeness (QED) is 0.243. The van der Waals surface area contributed by atoms with Crippen LogP contribution in [0.5, 0.6) is 11.5 Å². The van der Waals surface area contributed by atoms with E-state index in [1.54, 1.807) is 55.6 Å². The molecule has 0 atom stereocenters. The number of carbonyl (C=O) groups is 3. The lowest BCUT2D eigenvalue weighted by molar-refractivity contribution is -0.139. The van der Waals surface area contributed by atoms with Crippen LogP contribution >= 0.6 is 0 Å². The fourth-order valence-corrected chi connectivity index (χ4v) is 3.21. The van der Waals surface area contributed by atoms with E-state index in [2.05, 4.69) is 21.2 Å². The molecule has 36 heavy (non-hydrogen) atoms. The molecule has 0 saturated carbocycles. The van der Waals surface area contributed by atoms with Crippen molar-refractivity contribution in [1.29, 1.82) is 0 Å². The maximum Gasteiger partial charge on any atom is 0.329 e. The van der Waals surface area contributed by atoms with E-state index in [-0.39, 0.29) is 19.1 Å². The zero-order chi connectivity index (χ0) is 25.9. The van der Waals surface area contributed by atoms with Crippen molar-refractivity contribution >= 4 is 29.6 Å². The Hall–Kier alpha value is -4.66. The first-order valence-corrected chi connectivity index (χ1v) is 11.2. The van der Waals surface area contributed by atoms with Gasteiger partial charge in [0.1, 0.15) is 11.5 Å². The highest BCUT2D eigenvalue weighted by Gasteiger charge is 2.12. The maximum absolute atomic E-state index is 12.2. The highest BCUT2D eigenvalue weighted by atomic mass is 16.5. The topological polar surface area (TPSA) is 118 Å². The molecular formula is C27H28N4O5. The molecule has 0 aliphatic rings. The average molecular weight is 489 g/mol. The number of hydrogen-bond acceptors (Lipinski definition) is 6. The summed E-state index contributed by atoms with van der Waals surface area (Å²) in [6.45, 7) is 3.93. The minimum atomic E-state index is -0.880. The number of rotatable bonds is 9. The van der Waals surface area contributed by atoms with E-state index in [9.17, 15) is 14.4 Å². The van der Waals surface area contributed by atoms with Crippen LogP contribution in [-0.2, 0) is 20.9 Å². The van der Waals surface area contributed by atoms with Gasteiger partial charge in [-0.15, -0.1) is 0 Å². The van der Waals surface area contributed by atoms with Gasteiger partial charge in [-0.2, -0.15) is 5.10 Å². The third-order valence-electron chi connectivity index (χ3n) is 5.19. The Balaban J connectivity index is 1.41. The molecule has 0 fully saturated rings. The zero-order valence-electron chi connectivity index (χ0n) is 20.3. The van der Waals surface area contributed by atoms with Crippen molar-refractivity contribution in [3.63, 3.8) is 0 Å². The third-order valence-corrected chi connectivity index (χ3v) is 5.19. The summed E-state index contributed by atoms with van der Waals surface area (Å²) in [5.74, 6) is -0.729. The number of nitrogens with zero attached hydrogens (tertiary/aromatic N) is 1.